The molecule has 0 saturated heterocycles. The molecular formula is C25H23N3O5S. The molecule has 2 aliphatic carbocycles. The van der Waals surface area contributed by atoms with Crippen molar-refractivity contribution in [1.82, 2.24) is 9.69 Å². The molecule has 3 aromatic rings. The maximum absolute atomic E-state index is 12.5. The van der Waals surface area contributed by atoms with E-state index >= 15 is 0 Å². The van der Waals surface area contributed by atoms with Gasteiger partial charge in [-0.1, -0.05) is 48.5 Å². The number of aryl methyl sites for hydroxylation is 1. The van der Waals surface area contributed by atoms with Crippen LogP contribution in [0.25, 0.3) is 11.1 Å². The van der Waals surface area contributed by atoms with Crippen LogP contribution in [0.15, 0.2) is 48.5 Å². The number of nitrogens with zero attached hydrogens (tertiary/aromatic N) is 1. The number of rotatable bonds is 7. The Bertz CT molecular complexity index is 1240. The minimum absolute atomic E-state index is 0.0103. The summed E-state index contributed by atoms with van der Waals surface area (Å²) in [6, 6.07) is 16.3. The smallest absolute Gasteiger partial charge is 0.407 e. The van der Waals surface area contributed by atoms with E-state index in [1.165, 1.54) is 11.1 Å². The van der Waals surface area contributed by atoms with Crippen molar-refractivity contribution < 1.29 is 24.2 Å². The summed E-state index contributed by atoms with van der Waals surface area (Å²) in [5.41, 5.74) is 5.02. The zero-order valence-electron chi connectivity index (χ0n) is 18.4. The number of benzene rings is 2. The Morgan fingerprint density at radius 1 is 1.09 bits per heavy atom. The number of aromatic nitrogens is 1. The van der Waals surface area contributed by atoms with Crippen LogP contribution in [0.3, 0.4) is 0 Å². The third-order valence-electron chi connectivity index (χ3n) is 6.42. The Morgan fingerprint density at radius 3 is 2.38 bits per heavy atom. The third-order valence-corrected chi connectivity index (χ3v) is 7.28. The van der Waals surface area contributed by atoms with E-state index in [1.807, 2.05) is 24.3 Å². The quantitative estimate of drug-likeness (QED) is 0.468. The molecule has 0 aliphatic heterocycles. The van der Waals surface area contributed by atoms with E-state index in [-0.39, 0.29) is 40.8 Å². The fourth-order valence-electron chi connectivity index (χ4n) is 4.57. The summed E-state index contributed by atoms with van der Waals surface area (Å²) >= 11 is 0.954. The van der Waals surface area contributed by atoms with Crippen LogP contribution in [-0.2, 0) is 9.53 Å². The molecule has 2 atom stereocenters. The Labute approximate surface area is 200 Å². The molecule has 2 amide bonds. The first-order chi connectivity index (χ1) is 16.4. The van der Waals surface area contributed by atoms with Gasteiger partial charge in [0, 0.05) is 18.4 Å². The number of carboxylic acid groups (broad SMARTS) is 1. The number of hydrogen-bond donors (Lipinski definition) is 3. The first-order valence-corrected chi connectivity index (χ1v) is 11.8. The SMILES string of the molecule is Cc1nsc(NC(=O)[C@@H]2C[C@@H]2CNC(=O)OCC2c3ccccc3-c3ccccc32)c1C(=O)O. The van der Waals surface area contributed by atoms with E-state index in [1.54, 1.807) is 6.92 Å². The fourth-order valence-corrected chi connectivity index (χ4v) is 5.36. The third kappa shape index (κ3) is 4.14. The largest absolute Gasteiger partial charge is 0.478 e. The maximum Gasteiger partial charge on any atom is 0.407 e. The topological polar surface area (TPSA) is 118 Å². The molecule has 9 heteroatoms. The number of ether oxygens (including phenoxy) is 1. The summed E-state index contributed by atoms with van der Waals surface area (Å²) < 4.78 is 9.53. The molecule has 34 heavy (non-hydrogen) atoms. The zero-order valence-corrected chi connectivity index (χ0v) is 19.2. The van der Waals surface area contributed by atoms with Gasteiger partial charge in [-0.25, -0.2) is 9.59 Å². The summed E-state index contributed by atoms with van der Waals surface area (Å²) in [7, 11) is 0. The van der Waals surface area contributed by atoms with Gasteiger partial charge in [0.1, 0.15) is 17.2 Å². The fraction of sp³-hybridized carbons (Fsp3) is 0.280. The van der Waals surface area contributed by atoms with E-state index in [0.29, 0.717) is 18.7 Å². The Balaban J connectivity index is 1.12. The van der Waals surface area contributed by atoms with Crippen LogP contribution in [-0.4, -0.2) is 40.6 Å². The number of aromatic carboxylic acids is 1. The number of nitrogens with one attached hydrogen (secondary N) is 2. The van der Waals surface area contributed by atoms with Gasteiger partial charge in [0.15, 0.2) is 0 Å². The second-order valence-electron chi connectivity index (χ2n) is 8.58. The summed E-state index contributed by atoms with van der Waals surface area (Å²) in [5.74, 6) is -1.68. The lowest BCUT2D eigenvalue weighted by atomic mass is 9.98. The second kappa shape index (κ2) is 8.90. The summed E-state index contributed by atoms with van der Waals surface area (Å²) in [5, 5.41) is 15.0. The molecule has 2 aromatic carbocycles. The van der Waals surface area contributed by atoms with Crippen LogP contribution in [0, 0.1) is 18.8 Å². The van der Waals surface area contributed by atoms with Crippen molar-refractivity contribution in [2.45, 2.75) is 19.3 Å². The molecule has 2 aliphatic rings. The van der Waals surface area contributed by atoms with E-state index < -0.39 is 12.1 Å². The van der Waals surface area contributed by atoms with Gasteiger partial charge < -0.3 is 20.5 Å². The van der Waals surface area contributed by atoms with Crippen molar-refractivity contribution in [3.8, 4) is 11.1 Å². The lowest BCUT2D eigenvalue weighted by Gasteiger charge is -2.14. The number of carboxylic acids is 1. The molecule has 8 nitrogen and oxygen atoms in total. The minimum atomic E-state index is -1.12. The Hall–Kier alpha value is -3.72. The molecular weight excluding hydrogens is 454 g/mol. The number of carbonyl (C=O) groups excluding carboxylic acids is 2. The van der Waals surface area contributed by atoms with Crippen LogP contribution in [0.4, 0.5) is 9.80 Å². The van der Waals surface area contributed by atoms with Gasteiger partial charge in [-0.3, -0.25) is 4.79 Å². The average molecular weight is 478 g/mol. The van der Waals surface area contributed by atoms with Crippen LogP contribution in [0.5, 0.6) is 0 Å². The lowest BCUT2D eigenvalue weighted by Crippen LogP contribution is -2.29. The first kappa shape index (κ1) is 22.1. The van der Waals surface area contributed by atoms with Crippen molar-refractivity contribution in [3.63, 3.8) is 0 Å². The number of hydrogen-bond acceptors (Lipinski definition) is 6. The number of anilines is 1. The molecule has 1 saturated carbocycles. The van der Waals surface area contributed by atoms with Crippen LogP contribution in [0.2, 0.25) is 0 Å². The van der Waals surface area contributed by atoms with Gasteiger partial charge in [0.2, 0.25) is 5.91 Å². The van der Waals surface area contributed by atoms with Crippen molar-refractivity contribution in [2.24, 2.45) is 11.8 Å². The zero-order chi connectivity index (χ0) is 23.8. The van der Waals surface area contributed by atoms with E-state index in [2.05, 4.69) is 39.3 Å². The molecule has 0 unspecified atom stereocenters. The highest BCUT2D eigenvalue weighted by Gasteiger charge is 2.43. The molecule has 1 heterocycles. The number of amides is 2. The van der Waals surface area contributed by atoms with E-state index in [0.717, 1.165) is 22.7 Å². The highest BCUT2D eigenvalue weighted by atomic mass is 32.1. The van der Waals surface area contributed by atoms with Crippen LogP contribution in [0.1, 0.15) is 39.5 Å². The van der Waals surface area contributed by atoms with Gasteiger partial charge >= 0.3 is 12.1 Å². The molecule has 0 radical (unpaired) electrons. The van der Waals surface area contributed by atoms with Crippen molar-refractivity contribution in [3.05, 3.63) is 70.9 Å². The van der Waals surface area contributed by atoms with Crippen LogP contribution < -0.4 is 10.6 Å². The predicted octanol–water partition coefficient (Wildman–Crippen LogP) is 4.26. The van der Waals surface area contributed by atoms with Crippen molar-refractivity contribution in [1.29, 1.82) is 0 Å². The first-order valence-electron chi connectivity index (χ1n) is 11.0. The molecule has 174 valence electrons. The molecule has 5 rings (SSSR count). The number of carbonyl (C=O) groups is 3. The number of alkyl carbamates (subject to hydrolysis) is 1. The van der Waals surface area contributed by atoms with E-state index in [4.69, 9.17) is 4.74 Å². The van der Waals surface area contributed by atoms with Gasteiger partial charge in [0.05, 0.1) is 5.69 Å². The van der Waals surface area contributed by atoms with E-state index in [9.17, 15) is 19.5 Å². The summed E-state index contributed by atoms with van der Waals surface area (Å²) in [4.78, 5) is 36.2. The normalized spacial score (nSPS) is 18.0. The van der Waals surface area contributed by atoms with Crippen LogP contribution >= 0.6 is 11.5 Å². The molecule has 1 aromatic heterocycles. The Morgan fingerprint density at radius 2 is 1.74 bits per heavy atom. The molecule has 0 bridgehead atoms. The summed E-state index contributed by atoms with van der Waals surface area (Å²) in [6.45, 7) is 2.15. The van der Waals surface area contributed by atoms with Gasteiger partial charge in [-0.15, -0.1) is 0 Å². The molecule has 0 spiro atoms. The average Bonchev–Trinajstić information content (AvgIpc) is 3.42. The number of fused-ring (bicyclic) bond motifs is 3. The summed E-state index contributed by atoms with van der Waals surface area (Å²) in [6.07, 6.45) is 0.106. The highest BCUT2D eigenvalue weighted by Crippen LogP contribution is 2.44. The van der Waals surface area contributed by atoms with Gasteiger partial charge in [-0.05, 0) is 53.0 Å². The molecule has 1 fully saturated rings. The monoisotopic (exact) mass is 477 g/mol. The van der Waals surface area contributed by atoms with Gasteiger partial charge in [0.25, 0.3) is 0 Å². The standard InChI is InChI=1S/C25H23N3O5S/c1-13-21(24(30)31)23(34-28-13)27-22(29)19-10-14(19)11-26-25(32)33-12-20-17-8-4-2-6-15(17)16-7-3-5-9-18(16)20/h2-9,14,19-20H,10-12H2,1H3,(H,26,32)(H,27,29)(H,30,31)/t14-,19-/m1/s1. The van der Waals surface area contributed by atoms with Crippen molar-refractivity contribution in [2.75, 3.05) is 18.5 Å². The minimum Gasteiger partial charge on any atom is -0.478 e. The Kier molecular flexibility index (Phi) is 5.79. The lowest BCUT2D eigenvalue weighted by molar-refractivity contribution is -0.117. The predicted molar refractivity (Wildman–Crippen MR) is 127 cm³/mol. The second-order valence-corrected chi connectivity index (χ2v) is 9.35. The molecule has 3 N–H and O–H groups in total. The van der Waals surface area contributed by atoms with Gasteiger partial charge in [-0.2, -0.15) is 4.37 Å². The maximum atomic E-state index is 12.5. The van der Waals surface area contributed by atoms with Crippen molar-refractivity contribution >= 4 is 34.5 Å². The highest BCUT2D eigenvalue weighted by molar-refractivity contribution is 7.11.